The number of carbonyl (C=O) groups is 1. The van der Waals surface area contributed by atoms with Gasteiger partial charge in [-0.25, -0.2) is 0 Å². The van der Waals surface area contributed by atoms with E-state index in [0.717, 1.165) is 25.9 Å². The molecule has 1 saturated heterocycles. The first kappa shape index (κ1) is 12.9. The van der Waals surface area contributed by atoms with E-state index in [2.05, 4.69) is 11.9 Å². The van der Waals surface area contributed by atoms with E-state index < -0.39 is 0 Å². The van der Waals surface area contributed by atoms with Crippen LogP contribution in [0, 0.1) is 5.92 Å². The largest absolute Gasteiger partial charge is 0.497 e. The van der Waals surface area contributed by atoms with Crippen LogP contribution in [0.25, 0.3) is 0 Å². The average molecular weight is 248 g/mol. The Labute approximate surface area is 108 Å². The zero-order valence-corrected chi connectivity index (χ0v) is 11.0. The van der Waals surface area contributed by atoms with Crippen molar-refractivity contribution in [3.05, 3.63) is 23.8 Å². The van der Waals surface area contributed by atoms with Crippen molar-refractivity contribution in [2.45, 2.75) is 12.8 Å². The van der Waals surface area contributed by atoms with Gasteiger partial charge in [0.05, 0.1) is 7.11 Å². The Hall–Kier alpha value is -1.55. The highest BCUT2D eigenvalue weighted by molar-refractivity contribution is 6.02. The summed E-state index contributed by atoms with van der Waals surface area (Å²) in [5, 5.41) is 0. The molecule has 1 unspecified atom stereocenters. The van der Waals surface area contributed by atoms with Crippen molar-refractivity contribution >= 4 is 11.5 Å². The molecule has 0 saturated carbocycles. The number of carbonyl (C=O) groups excluding carboxylic acids is 1. The standard InChI is InChI=1S/C14H20N2O2/c1-16-7-3-4-10(9-16)14(17)12-6-5-11(18-2)8-13(12)15/h5-6,8,10H,3-4,7,9,15H2,1-2H3. The molecule has 2 rings (SSSR count). The number of nitrogens with zero attached hydrogens (tertiary/aromatic N) is 1. The molecule has 1 aliphatic rings. The van der Waals surface area contributed by atoms with Crippen LogP contribution in [0.15, 0.2) is 18.2 Å². The van der Waals surface area contributed by atoms with Crippen LogP contribution >= 0.6 is 0 Å². The van der Waals surface area contributed by atoms with Gasteiger partial charge in [0, 0.05) is 29.8 Å². The summed E-state index contributed by atoms with van der Waals surface area (Å²) in [4.78, 5) is 14.6. The maximum atomic E-state index is 12.4. The van der Waals surface area contributed by atoms with Crippen LogP contribution in [-0.4, -0.2) is 37.9 Å². The molecule has 4 nitrogen and oxygen atoms in total. The highest BCUT2D eigenvalue weighted by Crippen LogP contribution is 2.25. The van der Waals surface area contributed by atoms with Crippen molar-refractivity contribution in [1.82, 2.24) is 4.90 Å². The number of piperidine rings is 1. The van der Waals surface area contributed by atoms with Gasteiger partial charge in [0.15, 0.2) is 5.78 Å². The summed E-state index contributed by atoms with van der Waals surface area (Å²) < 4.78 is 5.09. The highest BCUT2D eigenvalue weighted by Gasteiger charge is 2.26. The molecule has 0 spiro atoms. The van der Waals surface area contributed by atoms with E-state index in [1.54, 1.807) is 25.3 Å². The summed E-state index contributed by atoms with van der Waals surface area (Å²) in [5.74, 6) is 0.908. The van der Waals surface area contributed by atoms with Gasteiger partial charge in [0.2, 0.25) is 0 Å². The number of hydrogen-bond donors (Lipinski definition) is 1. The van der Waals surface area contributed by atoms with E-state index in [1.807, 2.05) is 0 Å². The number of ketones is 1. The Morgan fingerprint density at radius 3 is 2.89 bits per heavy atom. The highest BCUT2D eigenvalue weighted by atomic mass is 16.5. The zero-order valence-electron chi connectivity index (χ0n) is 11.0. The molecule has 1 aromatic rings. The minimum Gasteiger partial charge on any atom is -0.497 e. The normalized spacial score (nSPS) is 20.7. The molecule has 2 N–H and O–H groups in total. The second-order valence-electron chi connectivity index (χ2n) is 4.92. The maximum Gasteiger partial charge on any atom is 0.169 e. The number of methoxy groups -OCH3 is 1. The maximum absolute atomic E-state index is 12.4. The molecule has 1 heterocycles. The lowest BCUT2D eigenvalue weighted by molar-refractivity contribution is 0.0844. The Bertz CT molecular complexity index is 445. The topological polar surface area (TPSA) is 55.6 Å². The quantitative estimate of drug-likeness (QED) is 0.654. The third kappa shape index (κ3) is 2.64. The second-order valence-corrected chi connectivity index (χ2v) is 4.92. The summed E-state index contributed by atoms with van der Waals surface area (Å²) in [6.45, 7) is 1.90. The first-order valence-electron chi connectivity index (χ1n) is 6.28. The molecule has 0 bridgehead atoms. The van der Waals surface area contributed by atoms with E-state index in [4.69, 9.17) is 10.5 Å². The minimum absolute atomic E-state index is 0.0689. The number of anilines is 1. The van der Waals surface area contributed by atoms with Gasteiger partial charge in [-0.1, -0.05) is 0 Å². The van der Waals surface area contributed by atoms with Crippen LogP contribution in [0.1, 0.15) is 23.2 Å². The molecule has 1 aliphatic heterocycles. The predicted molar refractivity (Wildman–Crippen MR) is 72.0 cm³/mol. The van der Waals surface area contributed by atoms with Gasteiger partial charge in [-0.15, -0.1) is 0 Å². The lowest BCUT2D eigenvalue weighted by atomic mass is 9.89. The van der Waals surface area contributed by atoms with Crippen LogP contribution in [0.5, 0.6) is 5.75 Å². The average Bonchev–Trinajstić information content (AvgIpc) is 2.37. The first-order valence-corrected chi connectivity index (χ1v) is 6.28. The predicted octanol–water partition coefficient (Wildman–Crippen LogP) is 1.80. The van der Waals surface area contributed by atoms with Gasteiger partial charge in [0.1, 0.15) is 5.75 Å². The van der Waals surface area contributed by atoms with Crippen LogP contribution in [-0.2, 0) is 0 Å². The third-order valence-electron chi connectivity index (χ3n) is 3.52. The number of Topliss-reactive ketones (excluding diaryl/α,β-unsaturated/α-hetero) is 1. The van der Waals surface area contributed by atoms with Gasteiger partial charge in [-0.05, 0) is 38.6 Å². The molecule has 0 aromatic heterocycles. The van der Waals surface area contributed by atoms with Crippen LogP contribution in [0.2, 0.25) is 0 Å². The molecule has 1 atom stereocenters. The fourth-order valence-electron chi connectivity index (χ4n) is 2.49. The molecule has 0 aliphatic carbocycles. The van der Waals surface area contributed by atoms with Gasteiger partial charge < -0.3 is 15.4 Å². The van der Waals surface area contributed by atoms with E-state index in [9.17, 15) is 4.79 Å². The fourth-order valence-corrected chi connectivity index (χ4v) is 2.49. The van der Waals surface area contributed by atoms with Crippen molar-refractivity contribution in [3.8, 4) is 5.75 Å². The Balaban J connectivity index is 2.17. The summed E-state index contributed by atoms with van der Waals surface area (Å²) in [6, 6.07) is 5.26. The third-order valence-corrected chi connectivity index (χ3v) is 3.52. The Morgan fingerprint density at radius 1 is 1.50 bits per heavy atom. The smallest absolute Gasteiger partial charge is 0.169 e. The molecule has 4 heteroatoms. The number of ether oxygens (including phenoxy) is 1. The molecular weight excluding hydrogens is 228 g/mol. The number of nitrogens with two attached hydrogens (primary N) is 1. The van der Waals surface area contributed by atoms with Gasteiger partial charge in [0.25, 0.3) is 0 Å². The Kier molecular flexibility index (Phi) is 3.87. The van der Waals surface area contributed by atoms with Crippen molar-refractivity contribution in [2.75, 3.05) is 33.0 Å². The van der Waals surface area contributed by atoms with E-state index >= 15 is 0 Å². The summed E-state index contributed by atoms with van der Waals surface area (Å²) in [6.07, 6.45) is 2.03. The molecule has 18 heavy (non-hydrogen) atoms. The number of benzene rings is 1. The van der Waals surface area contributed by atoms with Gasteiger partial charge in [-0.2, -0.15) is 0 Å². The molecule has 1 fully saturated rings. The fraction of sp³-hybridized carbons (Fsp3) is 0.500. The molecule has 0 amide bonds. The van der Waals surface area contributed by atoms with Crippen molar-refractivity contribution in [1.29, 1.82) is 0 Å². The number of nitrogen functional groups attached to an aromatic ring is 1. The summed E-state index contributed by atoms with van der Waals surface area (Å²) in [7, 11) is 3.64. The number of hydrogen-bond acceptors (Lipinski definition) is 4. The molecular formula is C14H20N2O2. The van der Waals surface area contributed by atoms with Gasteiger partial charge >= 0.3 is 0 Å². The molecule has 1 aromatic carbocycles. The number of likely N-dealkylation sites (tertiary alicyclic amines) is 1. The second kappa shape index (κ2) is 5.40. The van der Waals surface area contributed by atoms with Crippen molar-refractivity contribution in [2.24, 2.45) is 5.92 Å². The van der Waals surface area contributed by atoms with Crippen LogP contribution < -0.4 is 10.5 Å². The molecule has 0 radical (unpaired) electrons. The lowest BCUT2D eigenvalue weighted by Gasteiger charge is -2.28. The summed E-state index contributed by atoms with van der Waals surface area (Å²) >= 11 is 0. The van der Waals surface area contributed by atoms with Crippen molar-refractivity contribution < 1.29 is 9.53 Å². The minimum atomic E-state index is 0.0689. The molecule has 98 valence electrons. The van der Waals surface area contributed by atoms with E-state index in [0.29, 0.717) is 17.0 Å². The Morgan fingerprint density at radius 2 is 2.28 bits per heavy atom. The monoisotopic (exact) mass is 248 g/mol. The SMILES string of the molecule is COc1ccc(C(=O)C2CCCN(C)C2)c(N)c1. The van der Waals surface area contributed by atoms with Crippen molar-refractivity contribution in [3.63, 3.8) is 0 Å². The summed E-state index contributed by atoms with van der Waals surface area (Å²) in [5.41, 5.74) is 7.05. The zero-order chi connectivity index (χ0) is 13.1. The van der Waals surface area contributed by atoms with Gasteiger partial charge in [-0.3, -0.25) is 4.79 Å². The van der Waals surface area contributed by atoms with Crippen LogP contribution in [0.3, 0.4) is 0 Å². The van der Waals surface area contributed by atoms with E-state index in [1.165, 1.54) is 0 Å². The number of rotatable bonds is 3. The van der Waals surface area contributed by atoms with E-state index in [-0.39, 0.29) is 11.7 Å². The lowest BCUT2D eigenvalue weighted by Crippen LogP contribution is -2.36. The van der Waals surface area contributed by atoms with Crippen LogP contribution in [0.4, 0.5) is 5.69 Å². The first-order chi connectivity index (χ1) is 8.61.